The molecule has 3 nitrogen and oxygen atoms in total. The van der Waals surface area contributed by atoms with E-state index in [0.717, 1.165) is 35.8 Å². The number of hydrogen-bond donors (Lipinski definition) is 1. The second-order valence-electron chi connectivity index (χ2n) is 5.55. The van der Waals surface area contributed by atoms with Crippen molar-refractivity contribution < 1.29 is 9.47 Å². The highest BCUT2D eigenvalue weighted by Gasteiger charge is 2.23. The summed E-state index contributed by atoms with van der Waals surface area (Å²) in [5.74, 6) is 2.57. The predicted octanol–water partition coefficient (Wildman–Crippen LogP) is 3.89. The fourth-order valence-electron chi connectivity index (χ4n) is 2.95. The third-order valence-corrected chi connectivity index (χ3v) is 4.24. The second kappa shape index (κ2) is 7.53. The first-order chi connectivity index (χ1) is 9.78. The molecule has 0 bridgehead atoms. The van der Waals surface area contributed by atoms with Crippen LogP contribution in [0.5, 0.6) is 11.5 Å². The van der Waals surface area contributed by atoms with Crippen molar-refractivity contribution >= 4 is 0 Å². The number of nitrogens with two attached hydrogens (primary N) is 1. The summed E-state index contributed by atoms with van der Waals surface area (Å²) in [6.07, 6.45) is 6.43. The van der Waals surface area contributed by atoms with Crippen molar-refractivity contribution in [1.82, 2.24) is 0 Å². The lowest BCUT2D eigenvalue weighted by atomic mass is 9.86. The van der Waals surface area contributed by atoms with Crippen LogP contribution >= 0.6 is 0 Å². The number of para-hydroxylation sites is 1. The van der Waals surface area contributed by atoms with Crippen molar-refractivity contribution in [2.45, 2.75) is 58.6 Å². The summed E-state index contributed by atoms with van der Waals surface area (Å²) in [7, 11) is 0. The fourth-order valence-corrected chi connectivity index (χ4v) is 2.95. The molecule has 0 spiro atoms. The lowest BCUT2D eigenvalue weighted by Crippen LogP contribution is -2.24. The van der Waals surface area contributed by atoms with E-state index in [-0.39, 0.29) is 0 Å². The summed E-state index contributed by atoms with van der Waals surface area (Å²) < 4.78 is 11.9. The molecule has 0 saturated heterocycles. The molecule has 0 aromatic heterocycles. The molecular weight excluding hydrogens is 250 g/mol. The fraction of sp³-hybridized carbons (Fsp3) is 0.647. The third kappa shape index (κ3) is 3.66. The van der Waals surface area contributed by atoms with Crippen LogP contribution in [-0.4, -0.2) is 12.7 Å². The minimum atomic E-state index is 0.310. The molecule has 0 radical (unpaired) electrons. The van der Waals surface area contributed by atoms with Gasteiger partial charge < -0.3 is 15.2 Å². The minimum Gasteiger partial charge on any atom is -0.490 e. The van der Waals surface area contributed by atoms with Gasteiger partial charge in [-0.25, -0.2) is 0 Å². The molecule has 1 fully saturated rings. The quantitative estimate of drug-likeness (QED) is 0.858. The highest BCUT2D eigenvalue weighted by Crippen LogP contribution is 2.35. The number of rotatable bonds is 6. The van der Waals surface area contributed by atoms with Gasteiger partial charge in [0, 0.05) is 12.1 Å². The van der Waals surface area contributed by atoms with E-state index in [4.69, 9.17) is 15.2 Å². The van der Waals surface area contributed by atoms with Gasteiger partial charge in [0.05, 0.1) is 12.7 Å². The van der Waals surface area contributed by atoms with E-state index in [0.29, 0.717) is 19.3 Å². The molecule has 0 unspecified atom stereocenters. The van der Waals surface area contributed by atoms with Crippen molar-refractivity contribution in [3.63, 3.8) is 0 Å². The van der Waals surface area contributed by atoms with Gasteiger partial charge >= 0.3 is 0 Å². The monoisotopic (exact) mass is 277 g/mol. The summed E-state index contributed by atoms with van der Waals surface area (Å²) in [6, 6.07) is 5.97. The molecule has 0 atom stereocenters. The van der Waals surface area contributed by atoms with Crippen molar-refractivity contribution in [3.8, 4) is 11.5 Å². The molecule has 2 rings (SSSR count). The number of ether oxygens (including phenoxy) is 2. The minimum absolute atomic E-state index is 0.310. The predicted molar refractivity (Wildman–Crippen MR) is 82.2 cm³/mol. The molecule has 1 aliphatic carbocycles. The molecule has 0 amide bonds. The average Bonchev–Trinajstić information content (AvgIpc) is 2.50. The standard InChI is InChI=1S/C17H27NO2/c1-3-13-8-10-15(11-9-13)20-17-14(12-18)6-5-7-16(17)19-4-2/h5-7,13,15H,3-4,8-12,18H2,1-2H3. The van der Waals surface area contributed by atoms with Crippen LogP contribution in [0.4, 0.5) is 0 Å². The van der Waals surface area contributed by atoms with Crippen molar-refractivity contribution in [2.24, 2.45) is 11.7 Å². The summed E-state index contributed by atoms with van der Waals surface area (Å²) >= 11 is 0. The second-order valence-corrected chi connectivity index (χ2v) is 5.55. The summed E-state index contributed by atoms with van der Waals surface area (Å²) in [6.45, 7) is 5.40. The Bertz CT molecular complexity index is 411. The lowest BCUT2D eigenvalue weighted by molar-refractivity contribution is 0.123. The Kier molecular flexibility index (Phi) is 5.72. The smallest absolute Gasteiger partial charge is 0.166 e. The Hall–Kier alpha value is -1.22. The molecule has 1 aromatic rings. The topological polar surface area (TPSA) is 44.5 Å². The molecule has 1 aromatic carbocycles. The summed E-state index contributed by atoms with van der Waals surface area (Å²) in [4.78, 5) is 0. The van der Waals surface area contributed by atoms with E-state index in [1.807, 2.05) is 25.1 Å². The molecule has 20 heavy (non-hydrogen) atoms. The van der Waals surface area contributed by atoms with Gasteiger partial charge in [0.1, 0.15) is 0 Å². The van der Waals surface area contributed by atoms with E-state index in [1.165, 1.54) is 19.3 Å². The highest BCUT2D eigenvalue weighted by atomic mass is 16.5. The highest BCUT2D eigenvalue weighted by molar-refractivity contribution is 5.46. The van der Waals surface area contributed by atoms with Crippen LogP contribution in [0.3, 0.4) is 0 Å². The Labute approximate surface area is 122 Å². The maximum Gasteiger partial charge on any atom is 0.166 e. The number of hydrogen-bond acceptors (Lipinski definition) is 3. The zero-order chi connectivity index (χ0) is 14.4. The average molecular weight is 277 g/mol. The molecule has 1 saturated carbocycles. The first-order valence-electron chi connectivity index (χ1n) is 7.89. The summed E-state index contributed by atoms with van der Waals surface area (Å²) in [5.41, 5.74) is 6.86. The van der Waals surface area contributed by atoms with Gasteiger partial charge in [-0.15, -0.1) is 0 Å². The van der Waals surface area contributed by atoms with Crippen LogP contribution in [0.2, 0.25) is 0 Å². The maximum absolute atomic E-state index is 6.25. The maximum atomic E-state index is 6.25. The van der Waals surface area contributed by atoms with Crippen LogP contribution in [0.1, 0.15) is 51.5 Å². The van der Waals surface area contributed by atoms with Crippen molar-refractivity contribution in [1.29, 1.82) is 0 Å². The zero-order valence-corrected chi connectivity index (χ0v) is 12.7. The van der Waals surface area contributed by atoms with Gasteiger partial charge in [0.25, 0.3) is 0 Å². The largest absolute Gasteiger partial charge is 0.490 e. The van der Waals surface area contributed by atoms with Gasteiger partial charge in [-0.3, -0.25) is 0 Å². The van der Waals surface area contributed by atoms with E-state index in [2.05, 4.69) is 6.92 Å². The van der Waals surface area contributed by atoms with Gasteiger partial charge in [-0.05, 0) is 44.6 Å². The number of benzene rings is 1. The first kappa shape index (κ1) is 15.2. The normalized spacial score (nSPS) is 22.6. The van der Waals surface area contributed by atoms with Crippen LogP contribution in [-0.2, 0) is 6.54 Å². The van der Waals surface area contributed by atoms with Crippen LogP contribution in [0.15, 0.2) is 18.2 Å². The van der Waals surface area contributed by atoms with Gasteiger partial charge in [0.15, 0.2) is 11.5 Å². The van der Waals surface area contributed by atoms with E-state index in [9.17, 15) is 0 Å². The molecule has 3 heteroatoms. The van der Waals surface area contributed by atoms with Crippen molar-refractivity contribution in [3.05, 3.63) is 23.8 Å². The van der Waals surface area contributed by atoms with E-state index < -0.39 is 0 Å². The van der Waals surface area contributed by atoms with Gasteiger partial charge in [-0.1, -0.05) is 25.5 Å². The molecule has 0 aliphatic heterocycles. The van der Waals surface area contributed by atoms with Crippen LogP contribution in [0, 0.1) is 5.92 Å². The van der Waals surface area contributed by atoms with Crippen LogP contribution < -0.4 is 15.2 Å². The Balaban J connectivity index is 2.07. The Morgan fingerprint density at radius 2 is 1.90 bits per heavy atom. The van der Waals surface area contributed by atoms with Gasteiger partial charge in [0.2, 0.25) is 0 Å². The molecule has 112 valence electrons. The zero-order valence-electron chi connectivity index (χ0n) is 12.7. The molecular formula is C17H27NO2. The molecule has 1 aliphatic rings. The van der Waals surface area contributed by atoms with E-state index >= 15 is 0 Å². The molecule has 0 heterocycles. The van der Waals surface area contributed by atoms with E-state index in [1.54, 1.807) is 0 Å². The van der Waals surface area contributed by atoms with Crippen molar-refractivity contribution in [2.75, 3.05) is 6.61 Å². The Morgan fingerprint density at radius 3 is 2.50 bits per heavy atom. The first-order valence-corrected chi connectivity index (χ1v) is 7.89. The molecule has 2 N–H and O–H groups in total. The summed E-state index contributed by atoms with van der Waals surface area (Å²) in [5, 5.41) is 0. The Morgan fingerprint density at radius 1 is 1.15 bits per heavy atom. The SMILES string of the molecule is CCOc1cccc(CN)c1OC1CCC(CC)CC1. The third-order valence-electron chi connectivity index (χ3n) is 4.24. The van der Waals surface area contributed by atoms with Crippen LogP contribution in [0.25, 0.3) is 0 Å². The lowest BCUT2D eigenvalue weighted by Gasteiger charge is -2.29. The van der Waals surface area contributed by atoms with Gasteiger partial charge in [-0.2, -0.15) is 0 Å².